The monoisotopic (exact) mass is 481 g/mol. The Labute approximate surface area is 206 Å². The Morgan fingerprint density at radius 2 is 1.86 bits per heavy atom. The molecule has 0 aliphatic carbocycles. The average Bonchev–Trinajstić information content (AvgIpc) is 3.57. The number of nitrogens with one attached hydrogen (secondary N) is 4. The number of imidazole rings is 1. The molecule has 0 atom stereocenters. The van der Waals surface area contributed by atoms with Crippen LogP contribution in [0.1, 0.15) is 0 Å². The Morgan fingerprint density at radius 1 is 1.00 bits per heavy atom. The molecule has 1 saturated heterocycles. The number of rotatable bonds is 5. The zero-order valence-corrected chi connectivity index (χ0v) is 19.2. The zero-order chi connectivity index (χ0) is 24.3. The van der Waals surface area contributed by atoms with E-state index in [0.29, 0.717) is 24.7 Å². The molecule has 5 aromatic rings. The molecule has 1 aromatic carbocycles. The van der Waals surface area contributed by atoms with Crippen LogP contribution >= 0.6 is 0 Å². The summed E-state index contributed by atoms with van der Waals surface area (Å²) in [5.74, 6) is 2.01. The molecule has 0 spiro atoms. The largest absolute Gasteiger partial charge is 0.378 e. The molecule has 4 N–H and O–H groups in total. The van der Waals surface area contributed by atoms with Crippen molar-refractivity contribution in [2.45, 2.75) is 0 Å². The second kappa shape index (κ2) is 9.47. The minimum atomic E-state index is -0.392. The van der Waals surface area contributed by atoms with E-state index < -0.39 is 6.03 Å². The van der Waals surface area contributed by atoms with E-state index in [1.165, 1.54) is 0 Å². The predicted octanol–water partition coefficient (Wildman–Crippen LogP) is 3.89. The van der Waals surface area contributed by atoms with Crippen LogP contribution in [0, 0.1) is 0 Å². The number of benzene rings is 1. The number of hydrogen-bond acceptors (Lipinski definition) is 7. The van der Waals surface area contributed by atoms with Crippen molar-refractivity contribution >= 4 is 34.4 Å². The van der Waals surface area contributed by atoms with Crippen LogP contribution in [0.3, 0.4) is 0 Å². The van der Waals surface area contributed by atoms with Crippen LogP contribution in [-0.2, 0) is 4.74 Å². The minimum absolute atomic E-state index is 0.392. The van der Waals surface area contributed by atoms with E-state index >= 15 is 0 Å². The van der Waals surface area contributed by atoms with E-state index in [9.17, 15) is 4.79 Å². The second-order valence-electron chi connectivity index (χ2n) is 8.28. The van der Waals surface area contributed by atoms with Crippen molar-refractivity contribution in [3.8, 4) is 22.6 Å². The van der Waals surface area contributed by atoms with Crippen molar-refractivity contribution in [3.63, 3.8) is 0 Å². The predicted molar refractivity (Wildman–Crippen MR) is 137 cm³/mol. The van der Waals surface area contributed by atoms with Crippen LogP contribution in [0.2, 0.25) is 0 Å². The molecular weight excluding hydrogens is 458 g/mol. The molecule has 4 aromatic heterocycles. The number of hydrogen-bond donors (Lipinski definition) is 4. The molecule has 1 fully saturated rings. The third-order valence-corrected chi connectivity index (χ3v) is 5.90. The number of aromatic nitrogens is 6. The molecule has 0 radical (unpaired) electrons. The highest BCUT2D eigenvalue weighted by Crippen LogP contribution is 2.27. The van der Waals surface area contributed by atoms with Gasteiger partial charge in [-0.05, 0) is 42.5 Å². The maximum Gasteiger partial charge on any atom is 0.324 e. The molecule has 0 bridgehead atoms. The summed E-state index contributed by atoms with van der Waals surface area (Å²) in [7, 11) is 0. The van der Waals surface area contributed by atoms with Crippen LogP contribution < -0.4 is 15.5 Å². The number of carbonyl (C=O) groups excluding carboxylic acids is 1. The first-order chi connectivity index (χ1) is 17.7. The van der Waals surface area contributed by atoms with E-state index in [1.807, 2.05) is 42.5 Å². The molecule has 0 unspecified atom stereocenters. The summed E-state index contributed by atoms with van der Waals surface area (Å²) in [6.07, 6.45) is 5.21. The molecule has 11 heteroatoms. The number of aromatic amines is 2. The summed E-state index contributed by atoms with van der Waals surface area (Å²) in [6, 6.07) is 14.5. The highest BCUT2D eigenvalue weighted by atomic mass is 16.5. The van der Waals surface area contributed by atoms with Gasteiger partial charge < -0.3 is 19.9 Å². The Hall–Kier alpha value is -4.77. The Kier molecular flexibility index (Phi) is 5.72. The normalized spacial score (nSPS) is 13.6. The first-order valence-corrected chi connectivity index (χ1v) is 11.5. The van der Waals surface area contributed by atoms with Gasteiger partial charge in [-0.25, -0.2) is 14.8 Å². The van der Waals surface area contributed by atoms with E-state index in [1.54, 1.807) is 24.7 Å². The third-order valence-electron chi connectivity index (χ3n) is 5.90. The number of H-pyrrole nitrogens is 2. The van der Waals surface area contributed by atoms with Gasteiger partial charge in [-0.1, -0.05) is 0 Å². The van der Waals surface area contributed by atoms with Gasteiger partial charge in [0.1, 0.15) is 11.3 Å². The highest BCUT2D eigenvalue weighted by molar-refractivity contribution is 5.99. The van der Waals surface area contributed by atoms with Gasteiger partial charge in [0.15, 0.2) is 11.6 Å². The van der Waals surface area contributed by atoms with Crippen molar-refractivity contribution in [3.05, 3.63) is 67.1 Å². The lowest BCUT2D eigenvalue weighted by molar-refractivity contribution is 0.122. The lowest BCUT2D eigenvalue weighted by Gasteiger charge is -2.27. The minimum Gasteiger partial charge on any atom is -0.378 e. The number of amides is 2. The lowest BCUT2D eigenvalue weighted by atomic mass is 10.2. The van der Waals surface area contributed by atoms with E-state index in [-0.39, 0.29) is 0 Å². The molecule has 5 heterocycles. The number of anilines is 3. The second-order valence-corrected chi connectivity index (χ2v) is 8.28. The number of nitrogens with zero attached hydrogens (tertiary/aromatic N) is 5. The number of ether oxygens (including phenoxy) is 1. The van der Waals surface area contributed by atoms with E-state index in [2.05, 4.69) is 40.7 Å². The molecule has 1 aliphatic rings. The van der Waals surface area contributed by atoms with Crippen molar-refractivity contribution in [2.24, 2.45) is 0 Å². The number of morpholine rings is 1. The Bertz CT molecular complexity index is 1490. The van der Waals surface area contributed by atoms with Gasteiger partial charge in [0.05, 0.1) is 24.4 Å². The van der Waals surface area contributed by atoms with Crippen LogP contribution in [-0.4, -0.2) is 62.5 Å². The van der Waals surface area contributed by atoms with Crippen molar-refractivity contribution in [2.75, 3.05) is 41.8 Å². The van der Waals surface area contributed by atoms with Gasteiger partial charge in [0.2, 0.25) is 0 Å². The first kappa shape index (κ1) is 21.7. The van der Waals surface area contributed by atoms with Crippen LogP contribution in [0.25, 0.3) is 33.7 Å². The fourth-order valence-electron chi connectivity index (χ4n) is 4.11. The molecule has 2 amide bonds. The van der Waals surface area contributed by atoms with Gasteiger partial charge >= 0.3 is 6.03 Å². The zero-order valence-electron chi connectivity index (χ0n) is 19.2. The maximum absolute atomic E-state index is 12.5. The average molecular weight is 482 g/mol. The molecule has 6 rings (SSSR count). The highest BCUT2D eigenvalue weighted by Gasteiger charge is 2.18. The van der Waals surface area contributed by atoms with Crippen molar-refractivity contribution in [1.29, 1.82) is 0 Å². The van der Waals surface area contributed by atoms with E-state index in [4.69, 9.17) is 9.72 Å². The SMILES string of the molecule is O=C(Nc1ccc(-c2nc3c(N4CCOCC4)nccc3[nH]2)cc1)Nc1cc(-c2cccnc2)[nH]n1. The first-order valence-electron chi connectivity index (χ1n) is 11.5. The Balaban J connectivity index is 1.14. The third kappa shape index (κ3) is 4.46. The van der Waals surface area contributed by atoms with Crippen molar-refractivity contribution < 1.29 is 9.53 Å². The maximum atomic E-state index is 12.5. The van der Waals surface area contributed by atoms with Gasteiger partial charge in [-0.15, -0.1) is 0 Å². The lowest BCUT2D eigenvalue weighted by Crippen LogP contribution is -2.36. The Morgan fingerprint density at radius 3 is 2.67 bits per heavy atom. The van der Waals surface area contributed by atoms with E-state index in [0.717, 1.165) is 52.6 Å². The smallest absolute Gasteiger partial charge is 0.324 e. The molecule has 11 nitrogen and oxygen atoms in total. The molecular formula is C25H23N9O2. The molecule has 180 valence electrons. The van der Waals surface area contributed by atoms with Gasteiger partial charge in [0.25, 0.3) is 0 Å². The number of pyridine rings is 2. The van der Waals surface area contributed by atoms with Crippen LogP contribution in [0.5, 0.6) is 0 Å². The summed E-state index contributed by atoms with van der Waals surface area (Å²) >= 11 is 0. The fraction of sp³-hybridized carbons (Fsp3) is 0.160. The number of carbonyl (C=O) groups is 1. The van der Waals surface area contributed by atoms with Gasteiger partial charge in [0, 0.05) is 54.6 Å². The quantitative estimate of drug-likeness (QED) is 0.299. The molecule has 1 aliphatic heterocycles. The van der Waals surface area contributed by atoms with Crippen LogP contribution in [0.4, 0.5) is 22.1 Å². The van der Waals surface area contributed by atoms with Gasteiger partial charge in [-0.3, -0.25) is 15.4 Å². The summed E-state index contributed by atoms with van der Waals surface area (Å²) in [5.41, 5.74) is 4.95. The number of fused-ring (bicyclic) bond motifs is 1. The van der Waals surface area contributed by atoms with Crippen LogP contribution in [0.15, 0.2) is 67.1 Å². The molecule has 0 saturated carbocycles. The summed E-state index contributed by atoms with van der Waals surface area (Å²) in [4.78, 5) is 31.5. The van der Waals surface area contributed by atoms with Crippen molar-refractivity contribution in [1.82, 2.24) is 30.1 Å². The summed E-state index contributed by atoms with van der Waals surface area (Å²) < 4.78 is 5.46. The standard InChI is InChI=1S/C25H23N9O2/c35-25(30-21-14-20(32-33-21)17-2-1-8-26-15-17)28-18-5-3-16(4-6-18)23-29-19-7-9-27-24(22(19)31-23)34-10-12-36-13-11-34/h1-9,14-15H,10-13H2,(H,29,31)(H3,28,30,32,33,35). The summed E-state index contributed by atoms with van der Waals surface area (Å²) in [5, 5.41) is 12.6. The molecule has 36 heavy (non-hydrogen) atoms. The van der Waals surface area contributed by atoms with Gasteiger partial charge in [-0.2, -0.15) is 5.10 Å². The fourth-order valence-corrected chi connectivity index (χ4v) is 4.11. The number of urea groups is 1. The topological polar surface area (TPSA) is 137 Å². The summed E-state index contributed by atoms with van der Waals surface area (Å²) in [6.45, 7) is 2.95.